The molecule has 24 heteroatoms. The number of esters is 1. The molecule has 2 aliphatic heterocycles. The van der Waals surface area contributed by atoms with Gasteiger partial charge in [-0.2, -0.15) is 0 Å². The fourth-order valence-electron chi connectivity index (χ4n) is 9.40. The van der Waals surface area contributed by atoms with Crippen LogP contribution < -0.4 is 31.9 Å². The molecule has 2 heterocycles. The lowest BCUT2D eigenvalue weighted by molar-refractivity contribution is -0.165. The van der Waals surface area contributed by atoms with Crippen LogP contribution >= 0.6 is 0 Å². The lowest BCUT2D eigenvalue weighted by Crippen LogP contribution is -2.65. The molecule has 12 atom stereocenters. The standard InChI is InChI=1S/C56H76N8O16/c1-7-31(4)46(61-51(74)43(69)29-35-15-19-37(68)20-16-35)52(75)57-39(24-26-66)49(72)62-47-32(5)80-56(79)45(30(2)3)60-50(73)41(27-34-13-17-36(67)18-14-34)63(6)55(78)42(28-33-11-9-8-10-12-33)64-44(70)22-21-40(54(64)77)59-48(71)38(23-25-65)58-53(47)76/h8-20,30-32,38-47,65-70H,7,21-29H2,1-6H3,(H,57,75)(H,58,76)(H,59,71)(H,60,73)(H,61,74)(H,62,72)/t31-,32-,38?,39?,40?,41?,42-,43?,44?,45-,46-,47?/m0/s1. The number of cyclic esters (lactones) is 1. The quantitative estimate of drug-likeness (QED) is 0.0637. The number of hydrogen-bond donors (Lipinski definition) is 12. The van der Waals surface area contributed by atoms with E-state index in [1.807, 2.05) is 0 Å². The maximum absolute atomic E-state index is 15.1. The first-order valence-electron chi connectivity index (χ1n) is 26.8. The Balaban J connectivity index is 1.53. The molecular weight excluding hydrogens is 1040 g/mol. The molecule has 3 aromatic carbocycles. The number of carbonyl (C=O) groups excluding carboxylic acids is 9. The zero-order valence-electron chi connectivity index (χ0n) is 45.7. The number of rotatable bonds is 19. The van der Waals surface area contributed by atoms with Gasteiger partial charge in [-0.25, -0.2) is 4.79 Å². The van der Waals surface area contributed by atoms with E-state index in [9.17, 15) is 69.0 Å². The van der Waals surface area contributed by atoms with Crippen molar-refractivity contribution in [2.45, 2.75) is 153 Å². The molecule has 0 saturated carbocycles. The Morgan fingerprint density at radius 3 is 1.90 bits per heavy atom. The third-order valence-electron chi connectivity index (χ3n) is 14.4. The Hall–Kier alpha value is -7.67. The first-order valence-corrected chi connectivity index (χ1v) is 26.8. The topological polar surface area (TPSA) is 363 Å². The number of nitrogens with zero attached hydrogens (tertiary/aromatic N) is 2. The van der Waals surface area contributed by atoms with Gasteiger partial charge in [-0.3, -0.25) is 38.4 Å². The molecule has 2 bridgehead atoms. The Morgan fingerprint density at radius 1 is 0.713 bits per heavy atom. The number of likely N-dealkylation sites (N-methyl/N-ethyl adjacent to an activating group) is 1. The number of piperidine rings is 1. The third kappa shape index (κ3) is 16.9. The van der Waals surface area contributed by atoms with Gasteiger partial charge in [0.25, 0.3) is 0 Å². The number of aromatic hydroxyl groups is 2. The zero-order chi connectivity index (χ0) is 59.0. The molecule has 80 heavy (non-hydrogen) atoms. The van der Waals surface area contributed by atoms with Crippen molar-refractivity contribution in [1.82, 2.24) is 41.7 Å². The molecule has 0 aliphatic carbocycles. The van der Waals surface area contributed by atoms with Crippen LogP contribution in [0.5, 0.6) is 11.5 Å². The van der Waals surface area contributed by atoms with E-state index in [1.165, 1.54) is 62.5 Å². The van der Waals surface area contributed by atoms with E-state index >= 15 is 4.79 Å². The van der Waals surface area contributed by atoms with E-state index in [2.05, 4.69) is 31.9 Å². The number of phenols is 2. The summed E-state index contributed by atoms with van der Waals surface area (Å²) < 4.78 is 5.86. The van der Waals surface area contributed by atoms with Crippen LogP contribution in [0.4, 0.5) is 0 Å². The minimum absolute atomic E-state index is 0.0304. The highest BCUT2D eigenvalue weighted by molar-refractivity contribution is 5.99. The van der Waals surface area contributed by atoms with Crippen LogP contribution in [0.25, 0.3) is 0 Å². The third-order valence-corrected chi connectivity index (χ3v) is 14.4. The molecular formula is C56H76N8O16. The predicted octanol–water partition coefficient (Wildman–Crippen LogP) is -1.06. The van der Waals surface area contributed by atoms with Gasteiger partial charge in [-0.1, -0.05) is 88.7 Å². The number of nitrogens with one attached hydrogen (secondary N) is 6. The largest absolute Gasteiger partial charge is 0.508 e. The van der Waals surface area contributed by atoms with E-state index in [1.54, 1.807) is 58.0 Å². The van der Waals surface area contributed by atoms with Crippen LogP contribution in [-0.2, 0) is 67.2 Å². The number of fused-ring (bicyclic) bond motifs is 2. The van der Waals surface area contributed by atoms with E-state index in [0.717, 1.165) is 9.80 Å². The summed E-state index contributed by atoms with van der Waals surface area (Å²) in [5.41, 5.74) is 1.53. The second kappa shape index (κ2) is 29.5. The molecule has 2 fully saturated rings. The van der Waals surface area contributed by atoms with Gasteiger partial charge >= 0.3 is 5.97 Å². The summed E-state index contributed by atoms with van der Waals surface area (Å²) in [4.78, 5) is 131. The van der Waals surface area contributed by atoms with Gasteiger partial charge in [0.2, 0.25) is 47.3 Å². The smallest absolute Gasteiger partial charge is 0.329 e. The van der Waals surface area contributed by atoms with Crippen LogP contribution in [0.2, 0.25) is 0 Å². The summed E-state index contributed by atoms with van der Waals surface area (Å²) in [7, 11) is 1.32. The van der Waals surface area contributed by atoms with Gasteiger partial charge in [0.05, 0.1) is 0 Å². The summed E-state index contributed by atoms with van der Waals surface area (Å²) in [6.45, 7) is 6.33. The monoisotopic (exact) mass is 1120 g/mol. The SMILES string of the molecule is CC[C@H](C)[C@H](NC(=O)C(O)Cc1ccc(O)cc1)C(=O)NC(CCO)C(=O)NC1C(=O)NC(CCO)C(=O)NC2CCC(O)N(C2=O)[C@@H](Cc2ccccc2)C(=O)N(C)C(Cc2ccc(O)cc2)C(=O)N[C@@H](C(C)C)C(=O)O[C@H]1C. The maximum atomic E-state index is 15.1. The molecule has 0 spiro atoms. The van der Waals surface area contributed by atoms with Crippen LogP contribution in [0.3, 0.4) is 0 Å². The second-order valence-electron chi connectivity index (χ2n) is 20.7. The van der Waals surface area contributed by atoms with Crippen molar-refractivity contribution in [1.29, 1.82) is 0 Å². The fourth-order valence-corrected chi connectivity index (χ4v) is 9.40. The highest BCUT2D eigenvalue weighted by Crippen LogP contribution is 2.26. The number of aliphatic hydroxyl groups excluding tert-OH is 4. The summed E-state index contributed by atoms with van der Waals surface area (Å²) in [5.74, 6) is -10.3. The van der Waals surface area contributed by atoms with Crippen LogP contribution in [-0.4, -0.2) is 181 Å². The van der Waals surface area contributed by atoms with Gasteiger partial charge in [0.1, 0.15) is 78.3 Å². The molecule has 436 valence electrons. The van der Waals surface area contributed by atoms with Gasteiger partial charge in [-0.15, -0.1) is 0 Å². The van der Waals surface area contributed by atoms with Crippen molar-refractivity contribution in [2.75, 3.05) is 20.3 Å². The fraction of sp³-hybridized carbons (Fsp3) is 0.518. The Morgan fingerprint density at radius 2 is 1.31 bits per heavy atom. The number of ether oxygens (including phenoxy) is 1. The van der Waals surface area contributed by atoms with Crippen LogP contribution in [0, 0.1) is 11.8 Å². The van der Waals surface area contributed by atoms with Gasteiger partial charge in [0.15, 0.2) is 0 Å². The Kier molecular flexibility index (Phi) is 23.3. The number of amides is 8. The maximum Gasteiger partial charge on any atom is 0.329 e. The molecule has 7 unspecified atom stereocenters. The first kappa shape index (κ1) is 63.2. The molecule has 8 amide bonds. The van der Waals surface area contributed by atoms with Crippen molar-refractivity contribution in [3.8, 4) is 11.5 Å². The predicted molar refractivity (Wildman–Crippen MR) is 287 cm³/mol. The molecule has 24 nitrogen and oxygen atoms in total. The summed E-state index contributed by atoms with van der Waals surface area (Å²) in [5, 5.41) is 77.6. The first-order chi connectivity index (χ1) is 38.0. The molecule has 3 aromatic rings. The van der Waals surface area contributed by atoms with E-state index in [0.29, 0.717) is 23.1 Å². The number of benzene rings is 3. The molecule has 2 saturated heterocycles. The number of aliphatic hydroxyl groups is 4. The van der Waals surface area contributed by atoms with Crippen molar-refractivity contribution < 1.29 is 78.5 Å². The average molecular weight is 1120 g/mol. The Bertz CT molecular complexity index is 2630. The van der Waals surface area contributed by atoms with E-state index < -0.39 is 158 Å². The Labute approximate surface area is 464 Å². The molecule has 0 radical (unpaired) electrons. The van der Waals surface area contributed by atoms with Crippen molar-refractivity contribution in [3.05, 3.63) is 95.6 Å². The minimum atomic E-state index is -1.93. The highest BCUT2D eigenvalue weighted by Gasteiger charge is 2.46. The van der Waals surface area contributed by atoms with Gasteiger partial charge < -0.3 is 77.1 Å². The van der Waals surface area contributed by atoms with Crippen molar-refractivity contribution in [2.24, 2.45) is 11.8 Å². The molecule has 12 N–H and O–H groups in total. The lowest BCUT2D eigenvalue weighted by atomic mass is 9.95. The van der Waals surface area contributed by atoms with Crippen LogP contribution in [0.1, 0.15) is 83.4 Å². The lowest BCUT2D eigenvalue weighted by Gasteiger charge is -2.43. The second-order valence-corrected chi connectivity index (χ2v) is 20.7. The number of hydrogen-bond acceptors (Lipinski definition) is 16. The van der Waals surface area contributed by atoms with Crippen LogP contribution in [0.15, 0.2) is 78.9 Å². The summed E-state index contributed by atoms with van der Waals surface area (Å²) in [6.07, 6.45) is -6.28. The van der Waals surface area contributed by atoms with E-state index in [4.69, 9.17) is 4.74 Å². The number of carbonyl (C=O) groups is 9. The molecule has 0 aromatic heterocycles. The van der Waals surface area contributed by atoms with E-state index in [-0.39, 0.29) is 43.6 Å². The van der Waals surface area contributed by atoms with Crippen molar-refractivity contribution >= 4 is 53.2 Å². The average Bonchev–Trinajstić information content (AvgIpc) is 3.42. The summed E-state index contributed by atoms with van der Waals surface area (Å²) in [6, 6.07) is 7.70. The normalized spacial score (nSPS) is 24.1. The molecule has 2 aliphatic rings. The van der Waals surface area contributed by atoms with Crippen molar-refractivity contribution in [3.63, 3.8) is 0 Å². The summed E-state index contributed by atoms with van der Waals surface area (Å²) >= 11 is 0. The number of phenolic OH excluding ortho intramolecular Hbond substituents is 2. The molecule has 5 rings (SSSR count). The zero-order valence-corrected chi connectivity index (χ0v) is 45.7. The minimum Gasteiger partial charge on any atom is -0.508 e. The highest BCUT2D eigenvalue weighted by atomic mass is 16.5. The van der Waals surface area contributed by atoms with Gasteiger partial charge in [0, 0.05) is 39.5 Å². The van der Waals surface area contributed by atoms with Gasteiger partial charge in [-0.05, 0) is 85.4 Å².